The summed E-state index contributed by atoms with van der Waals surface area (Å²) >= 11 is 3.29. The Labute approximate surface area is 90.8 Å². The molecule has 0 amide bonds. The van der Waals surface area contributed by atoms with Gasteiger partial charge in [0.15, 0.2) is 6.29 Å². The number of hydrogen-bond acceptors (Lipinski definition) is 4. The van der Waals surface area contributed by atoms with E-state index in [-0.39, 0.29) is 0 Å². The molecule has 0 aliphatic heterocycles. The Balaban J connectivity index is 2.92. The molecule has 0 fully saturated rings. The van der Waals surface area contributed by atoms with Crippen molar-refractivity contribution in [1.82, 2.24) is 9.78 Å². The molecule has 0 aliphatic carbocycles. The minimum Gasteiger partial charge on any atom is -0.381 e. The summed E-state index contributed by atoms with van der Waals surface area (Å²) in [6.07, 6.45) is 0.0505. The lowest BCUT2D eigenvalue weighted by Gasteiger charge is -2.20. The van der Waals surface area contributed by atoms with Crippen LogP contribution in [0.25, 0.3) is 0 Å². The van der Waals surface area contributed by atoms with Gasteiger partial charge in [-0.05, 0) is 15.9 Å². The first-order chi connectivity index (χ1) is 6.61. The van der Waals surface area contributed by atoms with Crippen LogP contribution in [-0.4, -0.2) is 35.4 Å². The molecule has 0 aliphatic rings. The van der Waals surface area contributed by atoms with Crippen molar-refractivity contribution >= 4 is 15.9 Å². The van der Waals surface area contributed by atoms with Gasteiger partial charge in [-0.15, -0.1) is 0 Å². The highest BCUT2D eigenvalue weighted by Gasteiger charge is 2.25. The van der Waals surface area contributed by atoms with Crippen molar-refractivity contribution in [2.24, 2.45) is 7.05 Å². The van der Waals surface area contributed by atoms with E-state index in [0.29, 0.717) is 5.69 Å². The van der Waals surface area contributed by atoms with Gasteiger partial charge in [0.25, 0.3) is 0 Å². The number of halogens is 1. The summed E-state index contributed by atoms with van der Waals surface area (Å²) in [5.74, 6) is 0. The third-order valence-corrected chi connectivity index (χ3v) is 2.55. The van der Waals surface area contributed by atoms with Crippen LogP contribution in [0.1, 0.15) is 11.8 Å². The number of ether oxygens (including phenoxy) is 2. The number of aryl methyl sites for hydroxylation is 1. The fraction of sp³-hybridized carbons (Fsp3) is 0.625. The predicted molar refractivity (Wildman–Crippen MR) is 53.7 cm³/mol. The summed E-state index contributed by atoms with van der Waals surface area (Å²) in [5, 5.41) is 13.9. The van der Waals surface area contributed by atoms with Crippen molar-refractivity contribution < 1.29 is 14.6 Å². The van der Waals surface area contributed by atoms with Crippen LogP contribution < -0.4 is 0 Å². The van der Waals surface area contributed by atoms with Crippen LogP contribution in [0, 0.1) is 0 Å². The van der Waals surface area contributed by atoms with E-state index >= 15 is 0 Å². The monoisotopic (exact) mass is 264 g/mol. The number of methoxy groups -OCH3 is 2. The van der Waals surface area contributed by atoms with Gasteiger partial charge in [0.05, 0.1) is 16.4 Å². The highest BCUT2D eigenvalue weighted by atomic mass is 79.9. The fourth-order valence-corrected chi connectivity index (χ4v) is 1.82. The average Bonchev–Trinajstić information content (AvgIpc) is 2.48. The first-order valence-electron chi connectivity index (χ1n) is 4.02. The molecule has 5 nitrogen and oxygen atoms in total. The molecule has 14 heavy (non-hydrogen) atoms. The molecule has 1 aromatic heterocycles. The van der Waals surface area contributed by atoms with Crippen molar-refractivity contribution in [3.63, 3.8) is 0 Å². The fourth-order valence-electron chi connectivity index (χ4n) is 1.24. The van der Waals surface area contributed by atoms with E-state index in [4.69, 9.17) is 9.47 Å². The van der Waals surface area contributed by atoms with Gasteiger partial charge in [-0.3, -0.25) is 4.68 Å². The second-order valence-corrected chi connectivity index (χ2v) is 3.64. The van der Waals surface area contributed by atoms with Crippen LogP contribution >= 0.6 is 15.9 Å². The van der Waals surface area contributed by atoms with Gasteiger partial charge in [-0.1, -0.05) is 0 Å². The third kappa shape index (κ3) is 2.14. The predicted octanol–water partition coefficient (Wildman–Crippen LogP) is 0.835. The molecular formula is C8H13BrN2O3. The molecule has 1 heterocycles. The SMILES string of the molecule is COC(OC)C(O)c1c(Br)cnn1C. The Hall–Kier alpha value is -0.430. The van der Waals surface area contributed by atoms with Crippen LogP contribution in [0.3, 0.4) is 0 Å². The summed E-state index contributed by atoms with van der Waals surface area (Å²) in [4.78, 5) is 0. The zero-order chi connectivity index (χ0) is 10.7. The molecule has 0 radical (unpaired) electrons. The maximum absolute atomic E-state index is 9.89. The lowest BCUT2D eigenvalue weighted by molar-refractivity contribution is -0.168. The maximum atomic E-state index is 9.89. The van der Waals surface area contributed by atoms with Crippen molar-refractivity contribution in [2.75, 3.05) is 14.2 Å². The Bertz CT molecular complexity index is 279. The number of aliphatic hydroxyl groups excluding tert-OH is 1. The molecule has 6 heteroatoms. The molecular weight excluding hydrogens is 252 g/mol. The van der Waals surface area contributed by atoms with Crippen molar-refractivity contribution in [1.29, 1.82) is 0 Å². The van der Waals surface area contributed by atoms with Gasteiger partial charge in [-0.2, -0.15) is 5.10 Å². The van der Waals surface area contributed by atoms with Crippen molar-refractivity contribution in [3.05, 3.63) is 16.4 Å². The van der Waals surface area contributed by atoms with Gasteiger partial charge in [0, 0.05) is 21.3 Å². The van der Waals surface area contributed by atoms with E-state index in [9.17, 15) is 5.11 Å². The average molecular weight is 265 g/mol. The molecule has 80 valence electrons. The topological polar surface area (TPSA) is 56.5 Å². The Morgan fingerprint density at radius 1 is 1.50 bits per heavy atom. The molecule has 0 saturated carbocycles. The van der Waals surface area contributed by atoms with E-state index in [1.807, 2.05) is 0 Å². The van der Waals surface area contributed by atoms with Gasteiger partial charge in [0.1, 0.15) is 6.10 Å². The summed E-state index contributed by atoms with van der Waals surface area (Å²) < 4.78 is 12.2. The highest BCUT2D eigenvalue weighted by molar-refractivity contribution is 9.10. The summed E-state index contributed by atoms with van der Waals surface area (Å²) in [6.45, 7) is 0. The molecule has 0 spiro atoms. The van der Waals surface area contributed by atoms with E-state index < -0.39 is 12.4 Å². The summed E-state index contributed by atoms with van der Waals surface area (Å²) in [5.41, 5.74) is 0.624. The van der Waals surface area contributed by atoms with Crippen molar-refractivity contribution in [2.45, 2.75) is 12.4 Å². The standard InChI is InChI=1S/C8H13BrN2O3/c1-11-6(5(9)4-10-11)7(12)8(13-2)14-3/h4,7-8,12H,1-3H3. The minimum absolute atomic E-state index is 0.624. The molecule has 0 saturated heterocycles. The summed E-state index contributed by atoms with van der Waals surface area (Å²) in [7, 11) is 4.69. The molecule has 1 unspecified atom stereocenters. The van der Waals surface area contributed by atoms with Crippen LogP contribution in [0.2, 0.25) is 0 Å². The Morgan fingerprint density at radius 2 is 2.07 bits per heavy atom. The molecule has 1 aromatic rings. The largest absolute Gasteiger partial charge is 0.381 e. The number of nitrogens with zero attached hydrogens (tertiary/aromatic N) is 2. The molecule has 1 rings (SSSR count). The van der Waals surface area contributed by atoms with Gasteiger partial charge in [-0.25, -0.2) is 0 Å². The molecule has 0 bridgehead atoms. The van der Waals surface area contributed by atoms with E-state index in [1.165, 1.54) is 14.2 Å². The second-order valence-electron chi connectivity index (χ2n) is 2.79. The molecule has 1 atom stereocenters. The molecule has 1 N–H and O–H groups in total. The first-order valence-corrected chi connectivity index (χ1v) is 4.82. The Morgan fingerprint density at radius 3 is 2.43 bits per heavy atom. The lowest BCUT2D eigenvalue weighted by Crippen LogP contribution is -2.24. The normalized spacial score (nSPS) is 13.6. The summed E-state index contributed by atoms with van der Waals surface area (Å²) in [6, 6.07) is 0. The van der Waals surface area contributed by atoms with Crippen LogP contribution in [0.5, 0.6) is 0 Å². The van der Waals surface area contributed by atoms with Crippen LogP contribution in [-0.2, 0) is 16.5 Å². The van der Waals surface area contributed by atoms with E-state index in [1.54, 1.807) is 17.9 Å². The molecule has 0 aromatic carbocycles. The van der Waals surface area contributed by atoms with E-state index in [2.05, 4.69) is 21.0 Å². The van der Waals surface area contributed by atoms with Gasteiger partial charge >= 0.3 is 0 Å². The van der Waals surface area contributed by atoms with Crippen molar-refractivity contribution in [3.8, 4) is 0 Å². The zero-order valence-electron chi connectivity index (χ0n) is 8.27. The van der Waals surface area contributed by atoms with Crippen LogP contribution in [0.4, 0.5) is 0 Å². The zero-order valence-corrected chi connectivity index (χ0v) is 9.85. The smallest absolute Gasteiger partial charge is 0.188 e. The second kappa shape index (κ2) is 4.88. The first kappa shape index (κ1) is 11.6. The Kier molecular flexibility index (Phi) is 4.06. The maximum Gasteiger partial charge on any atom is 0.188 e. The number of rotatable bonds is 4. The van der Waals surface area contributed by atoms with Gasteiger partial charge in [0.2, 0.25) is 0 Å². The van der Waals surface area contributed by atoms with Gasteiger partial charge < -0.3 is 14.6 Å². The number of aliphatic hydroxyl groups is 1. The highest BCUT2D eigenvalue weighted by Crippen LogP contribution is 2.26. The number of aromatic nitrogens is 2. The quantitative estimate of drug-likeness (QED) is 0.819. The van der Waals surface area contributed by atoms with E-state index in [0.717, 1.165) is 4.47 Å². The number of hydrogen-bond donors (Lipinski definition) is 1. The van der Waals surface area contributed by atoms with Crippen LogP contribution in [0.15, 0.2) is 10.7 Å². The lowest BCUT2D eigenvalue weighted by atomic mass is 10.2. The third-order valence-electron chi connectivity index (χ3n) is 1.94. The minimum atomic E-state index is -0.869.